The highest BCUT2D eigenvalue weighted by atomic mass is 16.6. The minimum absolute atomic E-state index is 0.189. The fourth-order valence-electron chi connectivity index (χ4n) is 3.73. The summed E-state index contributed by atoms with van der Waals surface area (Å²) in [4.78, 5) is 36.3. The number of nitrogens with zero attached hydrogens (tertiary/aromatic N) is 1. The van der Waals surface area contributed by atoms with Crippen LogP contribution in [0.15, 0.2) is 78.9 Å². The summed E-state index contributed by atoms with van der Waals surface area (Å²) < 4.78 is 5.24. The zero-order valence-corrected chi connectivity index (χ0v) is 18.2. The van der Waals surface area contributed by atoms with Crippen molar-refractivity contribution in [2.45, 2.75) is 24.8 Å². The minimum Gasteiger partial charge on any atom is -0.496 e. The molecule has 2 N–H and O–H groups in total. The maximum atomic E-state index is 13.6. The predicted octanol–water partition coefficient (Wildman–Crippen LogP) is 3.72. The summed E-state index contributed by atoms with van der Waals surface area (Å²) in [7, 11) is 1.39. The van der Waals surface area contributed by atoms with Crippen LogP contribution >= 0.6 is 0 Å². The van der Waals surface area contributed by atoms with Crippen LogP contribution in [-0.4, -0.2) is 35.1 Å². The normalized spacial score (nSPS) is 11.9. The lowest BCUT2D eigenvalue weighted by Crippen LogP contribution is -2.50. The van der Waals surface area contributed by atoms with Gasteiger partial charge in [-0.25, -0.2) is 4.79 Å². The quantitative estimate of drug-likeness (QED) is 0.380. The summed E-state index contributed by atoms with van der Waals surface area (Å²) in [6, 6.07) is 20.8. The fourth-order valence-corrected chi connectivity index (χ4v) is 3.73. The molecule has 1 amide bonds. The van der Waals surface area contributed by atoms with Crippen molar-refractivity contribution in [2.24, 2.45) is 0 Å². The number of aliphatic carboxylic acids is 1. The molecule has 170 valence electrons. The Morgan fingerprint density at radius 1 is 1.03 bits per heavy atom. The van der Waals surface area contributed by atoms with Crippen LogP contribution in [0.3, 0.4) is 0 Å². The van der Waals surface area contributed by atoms with E-state index in [0.29, 0.717) is 22.4 Å². The smallest absolute Gasteiger partial charge is 0.326 e. The lowest BCUT2D eigenvalue weighted by atomic mass is 9.75. The second kappa shape index (κ2) is 9.95. The van der Waals surface area contributed by atoms with Gasteiger partial charge in [0, 0.05) is 24.1 Å². The Morgan fingerprint density at radius 2 is 1.58 bits per heavy atom. The number of benzene rings is 3. The third kappa shape index (κ3) is 5.01. The van der Waals surface area contributed by atoms with Gasteiger partial charge in [-0.1, -0.05) is 60.7 Å². The number of hydrogen-bond acceptors (Lipinski definition) is 5. The predicted molar refractivity (Wildman–Crippen MR) is 122 cm³/mol. The van der Waals surface area contributed by atoms with Gasteiger partial charge in [0.05, 0.1) is 17.4 Å². The monoisotopic (exact) mass is 448 g/mol. The van der Waals surface area contributed by atoms with Crippen LogP contribution in [0, 0.1) is 10.1 Å². The fraction of sp³-hybridized carbons (Fsp3) is 0.200. The van der Waals surface area contributed by atoms with E-state index in [4.69, 9.17) is 4.74 Å². The van der Waals surface area contributed by atoms with E-state index in [1.165, 1.54) is 25.3 Å². The largest absolute Gasteiger partial charge is 0.496 e. The van der Waals surface area contributed by atoms with Crippen LogP contribution in [-0.2, 0) is 21.4 Å². The Labute approximate surface area is 191 Å². The maximum Gasteiger partial charge on any atom is 0.326 e. The van der Waals surface area contributed by atoms with E-state index in [-0.39, 0.29) is 12.1 Å². The van der Waals surface area contributed by atoms with Gasteiger partial charge < -0.3 is 15.2 Å². The highest BCUT2D eigenvalue weighted by Gasteiger charge is 2.39. The van der Waals surface area contributed by atoms with Gasteiger partial charge in [0.25, 0.3) is 5.69 Å². The number of carboxylic acid groups (broad SMARTS) is 1. The SMILES string of the molecule is COc1ccc([N+](=O)[O-])cc1C[C@H](NC(=O)C(C)(c1ccccc1)c1ccccc1)C(=O)O. The molecule has 8 heteroatoms. The molecule has 0 aliphatic rings. The summed E-state index contributed by atoms with van der Waals surface area (Å²) in [5.74, 6) is -1.47. The highest BCUT2D eigenvalue weighted by molar-refractivity contribution is 5.94. The summed E-state index contributed by atoms with van der Waals surface area (Å²) in [6.07, 6.45) is -0.189. The molecule has 0 bridgehead atoms. The molecule has 3 aromatic carbocycles. The van der Waals surface area contributed by atoms with Gasteiger partial charge >= 0.3 is 5.97 Å². The number of nitro groups is 1. The molecule has 0 spiro atoms. The van der Waals surface area contributed by atoms with Crippen molar-refractivity contribution in [3.63, 3.8) is 0 Å². The number of carbonyl (C=O) groups is 2. The molecule has 0 aliphatic heterocycles. The van der Waals surface area contributed by atoms with Gasteiger partial charge in [0.15, 0.2) is 0 Å². The van der Waals surface area contributed by atoms with E-state index in [9.17, 15) is 24.8 Å². The first kappa shape index (κ1) is 23.5. The van der Waals surface area contributed by atoms with E-state index in [1.54, 1.807) is 6.92 Å². The number of hydrogen-bond donors (Lipinski definition) is 2. The molecule has 0 saturated heterocycles. The van der Waals surface area contributed by atoms with Crippen LogP contribution in [0.1, 0.15) is 23.6 Å². The average molecular weight is 448 g/mol. The topological polar surface area (TPSA) is 119 Å². The zero-order valence-electron chi connectivity index (χ0n) is 18.2. The molecule has 1 atom stereocenters. The molecule has 0 unspecified atom stereocenters. The number of nitro benzene ring substituents is 1. The molecular weight excluding hydrogens is 424 g/mol. The van der Waals surface area contributed by atoms with Crippen molar-refractivity contribution in [1.29, 1.82) is 0 Å². The first-order valence-electron chi connectivity index (χ1n) is 10.2. The Morgan fingerprint density at radius 3 is 2.03 bits per heavy atom. The summed E-state index contributed by atoms with van der Waals surface area (Å²) >= 11 is 0. The average Bonchev–Trinajstić information content (AvgIpc) is 2.83. The third-order valence-corrected chi connectivity index (χ3v) is 5.66. The lowest BCUT2D eigenvalue weighted by Gasteiger charge is -2.31. The highest BCUT2D eigenvalue weighted by Crippen LogP contribution is 2.33. The van der Waals surface area contributed by atoms with Crippen LogP contribution in [0.5, 0.6) is 5.75 Å². The lowest BCUT2D eigenvalue weighted by molar-refractivity contribution is -0.384. The molecule has 33 heavy (non-hydrogen) atoms. The van der Waals surface area contributed by atoms with Gasteiger partial charge in [-0.05, 0) is 24.1 Å². The maximum absolute atomic E-state index is 13.6. The number of ether oxygens (including phenoxy) is 1. The number of amides is 1. The first-order valence-corrected chi connectivity index (χ1v) is 10.2. The van der Waals surface area contributed by atoms with E-state index < -0.39 is 28.3 Å². The van der Waals surface area contributed by atoms with Crippen LogP contribution < -0.4 is 10.1 Å². The van der Waals surface area contributed by atoms with Gasteiger partial charge in [-0.3, -0.25) is 14.9 Å². The number of methoxy groups -OCH3 is 1. The Kier molecular flexibility index (Phi) is 7.07. The first-order chi connectivity index (χ1) is 15.8. The molecule has 8 nitrogen and oxygen atoms in total. The van der Waals surface area contributed by atoms with E-state index in [2.05, 4.69) is 5.32 Å². The summed E-state index contributed by atoms with van der Waals surface area (Å²) in [5, 5.41) is 23.7. The number of carbonyl (C=O) groups excluding carboxylic acids is 1. The molecule has 0 heterocycles. The number of non-ortho nitro benzene ring substituents is 1. The van der Waals surface area contributed by atoms with Gasteiger partial charge in [0.1, 0.15) is 11.8 Å². The molecule has 0 saturated carbocycles. The number of carboxylic acids is 1. The van der Waals surface area contributed by atoms with E-state index in [1.807, 2.05) is 60.7 Å². The summed E-state index contributed by atoms with van der Waals surface area (Å²) in [5.41, 5.74) is 0.347. The molecule has 0 radical (unpaired) electrons. The standard InChI is InChI=1S/C25H24N2O6/c1-25(18-9-5-3-6-10-18,19-11-7-4-8-12-19)24(30)26-21(23(28)29)16-17-15-20(27(31)32)13-14-22(17)33-2/h3-15,21H,16H2,1-2H3,(H,26,30)(H,28,29)/t21-/m0/s1. The Bertz CT molecular complexity index is 1110. The molecule has 0 aromatic heterocycles. The van der Waals surface area contributed by atoms with Crippen molar-refractivity contribution in [3.05, 3.63) is 106 Å². The Balaban J connectivity index is 1.97. The summed E-state index contributed by atoms with van der Waals surface area (Å²) in [6.45, 7) is 1.74. The van der Waals surface area contributed by atoms with Crippen molar-refractivity contribution < 1.29 is 24.4 Å². The van der Waals surface area contributed by atoms with Crippen molar-refractivity contribution >= 4 is 17.6 Å². The Hall–Kier alpha value is -4.20. The zero-order chi connectivity index (χ0) is 24.0. The second-order valence-corrected chi connectivity index (χ2v) is 7.68. The van der Waals surface area contributed by atoms with E-state index in [0.717, 1.165) is 0 Å². The molecule has 0 aliphatic carbocycles. The molecule has 3 aromatic rings. The van der Waals surface area contributed by atoms with Crippen molar-refractivity contribution in [2.75, 3.05) is 7.11 Å². The van der Waals surface area contributed by atoms with Crippen molar-refractivity contribution in [1.82, 2.24) is 5.32 Å². The van der Waals surface area contributed by atoms with Crippen LogP contribution in [0.4, 0.5) is 5.69 Å². The van der Waals surface area contributed by atoms with Gasteiger partial charge in [-0.15, -0.1) is 0 Å². The van der Waals surface area contributed by atoms with Gasteiger partial charge in [-0.2, -0.15) is 0 Å². The third-order valence-electron chi connectivity index (χ3n) is 5.66. The second-order valence-electron chi connectivity index (χ2n) is 7.68. The van der Waals surface area contributed by atoms with Crippen LogP contribution in [0.25, 0.3) is 0 Å². The van der Waals surface area contributed by atoms with E-state index >= 15 is 0 Å². The molecule has 0 fully saturated rings. The van der Waals surface area contributed by atoms with Crippen LogP contribution in [0.2, 0.25) is 0 Å². The van der Waals surface area contributed by atoms with Crippen molar-refractivity contribution in [3.8, 4) is 5.75 Å². The molecular formula is C25H24N2O6. The minimum atomic E-state index is -1.33. The number of nitrogens with one attached hydrogen (secondary N) is 1. The van der Waals surface area contributed by atoms with Gasteiger partial charge in [0.2, 0.25) is 5.91 Å². The molecule has 3 rings (SSSR count). The number of rotatable bonds is 9.